The third kappa shape index (κ3) is 4.10. The molecule has 32 heavy (non-hydrogen) atoms. The average molecular weight is 432 g/mol. The second-order valence-corrected chi connectivity index (χ2v) is 6.76. The number of carbonyl (C=O) groups is 1. The Kier molecular flexibility index (Phi) is 6.02. The maximum atomic E-state index is 13.2. The van der Waals surface area contributed by atoms with E-state index in [1.807, 2.05) is 6.92 Å². The Labute approximate surface area is 182 Å². The molecule has 1 N–H and O–H groups in total. The summed E-state index contributed by atoms with van der Waals surface area (Å²) in [5, 5.41) is 6.71. The highest BCUT2D eigenvalue weighted by Crippen LogP contribution is 2.25. The van der Waals surface area contributed by atoms with Crippen molar-refractivity contribution in [2.24, 2.45) is 0 Å². The number of hydrogen-bond donors (Lipinski definition) is 1. The van der Waals surface area contributed by atoms with E-state index in [1.165, 1.54) is 30.3 Å². The number of benzene rings is 1. The van der Waals surface area contributed by atoms with Crippen LogP contribution in [0, 0.1) is 0 Å². The van der Waals surface area contributed by atoms with Gasteiger partial charge in [-0.2, -0.15) is 4.98 Å². The van der Waals surface area contributed by atoms with Crippen molar-refractivity contribution >= 4 is 11.6 Å². The number of anilines is 1. The van der Waals surface area contributed by atoms with Gasteiger partial charge in [0.25, 0.3) is 11.4 Å². The largest absolute Gasteiger partial charge is 0.495 e. The highest BCUT2D eigenvalue weighted by atomic mass is 16.5. The second kappa shape index (κ2) is 9.21. The first-order valence-electron chi connectivity index (χ1n) is 9.88. The molecule has 0 aliphatic carbocycles. The minimum absolute atomic E-state index is 0.0324. The van der Waals surface area contributed by atoms with Crippen molar-refractivity contribution in [2.75, 3.05) is 12.4 Å². The summed E-state index contributed by atoms with van der Waals surface area (Å²) in [4.78, 5) is 38.6. The first-order chi connectivity index (χ1) is 15.6. The molecular weight excluding hydrogens is 412 g/mol. The second-order valence-electron chi connectivity index (χ2n) is 6.76. The first-order valence-corrected chi connectivity index (χ1v) is 9.88. The fraction of sp³-hybridized carbons (Fsp3) is 0.182. The summed E-state index contributed by atoms with van der Waals surface area (Å²) in [7, 11) is 1.52. The molecule has 4 rings (SSSR count). The molecule has 162 valence electrons. The number of ether oxygens (including phenoxy) is 1. The van der Waals surface area contributed by atoms with E-state index < -0.39 is 11.6 Å². The number of nitrogens with one attached hydrogen (secondary N) is 1. The molecule has 0 aliphatic rings. The lowest BCUT2D eigenvalue weighted by molar-refractivity contribution is -0.119. The number of amides is 1. The number of rotatable bonds is 7. The molecule has 10 nitrogen and oxygen atoms in total. The number of aromatic nitrogens is 5. The standard InChI is InChI=1S/C22H20N6O4/c1-3-17(20(29)25-15-8-4-5-9-18(15)31-2)28-12-6-7-14(22(28)30)21-26-19(27-32-21)16-13-23-10-11-24-16/h4-13,17H,3H2,1-2H3,(H,25,29)/t17-/m1/s1. The molecule has 1 aromatic carbocycles. The van der Waals surface area contributed by atoms with Crippen molar-refractivity contribution in [3.63, 3.8) is 0 Å². The molecule has 0 aliphatic heterocycles. The quantitative estimate of drug-likeness (QED) is 0.472. The first kappa shape index (κ1) is 20.9. The van der Waals surface area contributed by atoms with Crippen LogP contribution in [0.5, 0.6) is 5.75 Å². The Morgan fingerprint density at radius 1 is 1.22 bits per heavy atom. The van der Waals surface area contributed by atoms with Gasteiger partial charge in [0.15, 0.2) is 0 Å². The van der Waals surface area contributed by atoms with Crippen molar-refractivity contribution in [2.45, 2.75) is 19.4 Å². The van der Waals surface area contributed by atoms with Crippen LogP contribution in [0.2, 0.25) is 0 Å². The van der Waals surface area contributed by atoms with Crippen LogP contribution in [-0.4, -0.2) is 37.7 Å². The van der Waals surface area contributed by atoms with Gasteiger partial charge in [-0.1, -0.05) is 24.2 Å². The molecule has 0 spiro atoms. The van der Waals surface area contributed by atoms with Crippen LogP contribution in [0.25, 0.3) is 23.0 Å². The summed E-state index contributed by atoms with van der Waals surface area (Å²) in [6.07, 6.45) is 6.47. The van der Waals surface area contributed by atoms with Crippen LogP contribution in [0.4, 0.5) is 5.69 Å². The van der Waals surface area contributed by atoms with Gasteiger partial charge in [-0.25, -0.2) is 4.98 Å². The number of hydrogen-bond acceptors (Lipinski definition) is 8. The highest BCUT2D eigenvalue weighted by Gasteiger charge is 2.23. The predicted molar refractivity (Wildman–Crippen MR) is 116 cm³/mol. The zero-order valence-corrected chi connectivity index (χ0v) is 17.4. The van der Waals surface area contributed by atoms with Crippen molar-refractivity contribution < 1.29 is 14.1 Å². The Morgan fingerprint density at radius 3 is 2.81 bits per heavy atom. The van der Waals surface area contributed by atoms with Gasteiger partial charge in [-0.05, 0) is 30.7 Å². The molecule has 3 aromatic heterocycles. The molecule has 0 bridgehead atoms. The lowest BCUT2D eigenvalue weighted by Gasteiger charge is -2.19. The monoisotopic (exact) mass is 432 g/mol. The van der Waals surface area contributed by atoms with E-state index in [-0.39, 0.29) is 23.2 Å². The number of carbonyl (C=O) groups excluding carboxylic acids is 1. The topological polar surface area (TPSA) is 125 Å². The third-order valence-electron chi connectivity index (χ3n) is 4.81. The molecule has 1 atom stereocenters. The number of methoxy groups -OCH3 is 1. The van der Waals surface area contributed by atoms with Crippen LogP contribution < -0.4 is 15.6 Å². The maximum Gasteiger partial charge on any atom is 0.264 e. The molecule has 1 amide bonds. The van der Waals surface area contributed by atoms with E-state index in [4.69, 9.17) is 9.26 Å². The van der Waals surface area contributed by atoms with Gasteiger partial charge in [-0.3, -0.25) is 14.6 Å². The summed E-state index contributed by atoms with van der Waals surface area (Å²) >= 11 is 0. The molecule has 10 heteroatoms. The molecule has 4 aromatic rings. The van der Waals surface area contributed by atoms with E-state index in [0.29, 0.717) is 23.6 Å². The Balaban J connectivity index is 1.64. The fourth-order valence-corrected chi connectivity index (χ4v) is 3.24. The van der Waals surface area contributed by atoms with Gasteiger partial charge in [0.2, 0.25) is 11.7 Å². The summed E-state index contributed by atoms with van der Waals surface area (Å²) in [6.45, 7) is 1.82. The van der Waals surface area contributed by atoms with E-state index in [0.717, 1.165) is 0 Å². The van der Waals surface area contributed by atoms with Gasteiger partial charge >= 0.3 is 0 Å². The maximum absolute atomic E-state index is 13.2. The van der Waals surface area contributed by atoms with E-state index in [2.05, 4.69) is 25.4 Å². The Hall–Kier alpha value is -4.34. The summed E-state index contributed by atoms with van der Waals surface area (Å²) in [6, 6.07) is 9.53. The average Bonchev–Trinajstić information content (AvgIpc) is 3.32. The van der Waals surface area contributed by atoms with E-state index in [1.54, 1.807) is 42.6 Å². The van der Waals surface area contributed by atoms with Crippen molar-refractivity contribution in [1.82, 2.24) is 24.7 Å². The van der Waals surface area contributed by atoms with Gasteiger partial charge < -0.3 is 19.1 Å². The zero-order chi connectivity index (χ0) is 22.5. The minimum atomic E-state index is -0.755. The normalized spacial score (nSPS) is 11.7. The lowest BCUT2D eigenvalue weighted by atomic mass is 10.1. The van der Waals surface area contributed by atoms with Crippen molar-refractivity contribution in [1.29, 1.82) is 0 Å². The summed E-state index contributed by atoms with van der Waals surface area (Å²) < 4.78 is 11.9. The summed E-state index contributed by atoms with van der Waals surface area (Å²) in [5.41, 5.74) is 0.692. The minimum Gasteiger partial charge on any atom is -0.495 e. The van der Waals surface area contributed by atoms with Crippen LogP contribution >= 0.6 is 0 Å². The van der Waals surface area contributed by atoms with Crippen LogP contribution in [0.15, 0.2) is 70.5 Å². The van der Waals surface area contributed by atoms with Crippen molar-refractivity contribution in [3.8, 4) is 28.7 Å². The van der Waals surface area contributed by atoms with Crippen LogP contribution in [0.3, 0.4) is 0 Å². The van der Waals surface area contributed by atoms with E-state index >= 15 is 0 Å². The van der Waals surface area contributed by atoms with Crippen LogP contribution in [0.1, 0.15) is 19.4 Å². The predicted octanol–water partition coefficient (Wildman–Crippen LogP) is 2.95. The molecular formula is C22H20N6O4. The molecule has 0 saturated heterocycles. The number of pyridine rings is 1. The number of para-hydroxylation sites is 2. The third-order valence-corrected chi connectivity index (χ3v) is 4.81. The van der Waals surface area contributed by atoms with Gasteiger partial charge in [0, 0.05) is 18.6 Å². The smallest absolute Gasteiger partial charge is 0.264 e. The van der Waals surface area contributed by atoms with Gasteiger partial charge in [0.05, 0.1) is 19.0 Å². The molecule has 0 fully saturated rings. The number of nitrogens with zero attached hydrogens (tertiary/aromatic N) is 5. The zero-order valence-electron chi connectivity index (χ0n) is 17.4. The van der Waals surface area contributed by atoms with Crippen molar-refractivity contribution in [3.05, 3.63) is 71.5 Å². The Bertz CT molecular complexity index is 1280. The summed E-state index contributed by atoms with van der Waals surface area (Å²) in [5.74, 6) is 0.426. The highest BCUT2D eigenvalue weighted by molar-refractivity contribution is 5.95. The van der Waals surface area contributed by atoms with Crippen LogP contribution in [-0.2, 0) is 4.79 Å². The molecule has 0 radical (unpaired) electrons. The van der Waals surface area contributed by atoms with E-state index in [9.17, 15) is 9.59 Å². The SMILES string of the molecule is CC[C@H](C(=O)Nc1ccccc1OC)n1cccc(-c2nc(-c3cnccn3)no2)c1=O. The molecule has 0 saturated carbocycles. The fourth-order valence-electron chi connectivity index (χ4n) is 3.24. The Morgan fingerprint density at radius 2 is 2.06 bits per heavy atom. The van der Waals surface area contributed by atoms with Gasteiger partial charge in [0.1, 0.15) is 23.0 Å². The molecule has 0 unspecified atom stereocenters. The van der Waals surface area contributed by atoms with Gasteiger partial charge in [-0.15, -0.1) is 0 Å². The lowest BCUT2D eigenvalue weighted by Crippen LogP contribution is -2.33. The molecule has 3 heterocycles.